The number of carboxylic acids is 1. The summed E-state index contributed by atoms with van der Waals surface area (Å²) in [4.78, 5) is 24.5. The Morgan fingerprint density at radius 1 is 1.06 bits per heavy atom. The van der Waals surface area contributed by atoms with E-state index in [4.69, 9.17) is 16.3 Å². The van der Waals surface area contributed by atoms with E-state index in [1.165, 1.54) is 4.90 Å². The molecule has 4 rings (SSSR count). The van der Waals surface area contributed by atoms with Crippen molar-refractivity contribution in [3.63, 3.8) is 0 Å². The number of halogens is 3. The number of hydrogen-bond donors (Lipinski definition) is 2. The van der Waals surface area contributed by atoms with Crippen molar-refractivity contribution in [1.29, 1.82) is 0 Å². The largest absolute Gasteiger partial charge is 0.489 e. The van der Waals surface area contributed by atoms with Crippen LogP contribution < -0.4 is 4.74 Å². The van der Waals surface area contributed by atoms with E-state index in [0.29, 0.717) is 19.4 Å². The lowest BCUT2D eigenvalue weighted by atomic mass is 9.82. The van der Waals surface area contributed by atoms with E-state index < -0.39 is 29.1 Å². The van der Waals surface area contributed by atoms with Gasteiger partial charge in [0.1, 0.15) is 10.8 Å². The van der Waals surface area contributed by atoms with E-state index in [2.05, 4.69) is 0 Å². The zero-order chi connectivity index (χ0) is 23.8. The Labute approximate surface area is 194 Å². The zero-order valence-electron chi connectivity index (χ0n) is 17.6. The molecule has 2 N–H and O–H groups in total. The van der Waals surface area contributed by atoms with Crippen molar-refractivity contribution < 1.29 is 33.3 Å². The van der Waals surface area contributed by atoms with Crippen molar-refractivity contribution in [2.45, 2.75) is 25.7 Å². The van der Waals surface area contributed by atoms with Crippen LogP contribution in [0, 0.1) is 17.0 Å². The van der Waals surface area contributed by atoms with Gasteiger partial charge in [-0.1, -0.05) is 35.9 Å². The smallest absolute Gasteiger partial charge is 0.407 e. The van der Waals surface area contributed by atoms with E-state index in [-0.39, 0.29) is 29.5 Å². The number of aliphatic carboxylic acids is 1. The topological polar surface area (TPSA) is 87.1 Å². The molecule has 0 atom stereocenters. The molecule has 9 heteroatoms. The summed E-state index contributed by atoms with van der Waals surface area (Å²) < 4.78 is 32.6. The highest BCUT2D eigenvalue weighted by molar-refractivity contribution is 6.32. The normalized spacial score (nSPS) is 16.8. The highest BCUT2D eigenvalue weighted by Crippen LogP contribution is 2.59. The molecule has 1 aliphatic carbocycles. The number of rotatable bonds is 7. The number of ether oxygens (including phenoxy) is 1. The summed E-state index contributed by atoms with van der Waals surface area (Å²) in [7, 11) is 0. The first-order valence-corrected chi connectivity index (χ1v) is 10.9. The lowest BCUT2D eigenvalue weighted by Gasteiger charge is -2.34. The van der Waals surface area contributed by atoms with Crippen LogP contribution in [0.5, 0.6) is 5.75 Å². The first-order chi connectivity index (χ1) is 15.7. The molecule has 0 unspecified atom stereocenters. The third-order valence-corrected chi connectivity index (χ3v) is 6.51. The minimum atomic E-state index is -1.11. The van der Waals surface area contributed by atoms with Crippen LogP contribution in [-0.4, -0.2) is 46.9 Å². The van der Waals surface area contributed by atoms with E-state index in [9.17, 15) is 28.6 Å². The van der Waals surface area contributed by atoms with Crippen LogP contribution >= 0.6 is 11.6 Å². The first kappa shape index (κ1) is 23.0. The maximum atomic E-state index is 13.8. The molecule has 0 saturated heterocycles. The molecule has 2 aliphatic rings. The molecule has 1 saturated carbocycles. The van der Waals surface area contributed by atoms with Gasteiger partial charge < -0.3 is 19.8 Å². The molecule has 0 radical (unpaired) electrons. The quantitative estimate of drug-likeness (QED) is 0.420. The Morgan fingerprint density at radius 2 is 1.73 bits per heavy atom. The van der Waals surface area contributed by atoms with E-state index in [1.807, 2.05) is 24.3 Å². The van der Waals surface area contributed by atoms with Crippen molar-refractivity contribution in [1.82, 2.24) is 4.90 Å². The summed E-state index contributed by atoms with van der Waals surface area (Å²) in [6.45, 7) is 0.303. The highest BCUT2D eigenvalue weighted by atomic mass is 35.5. The van der Waals surface area contributed by atoms with Gasteiger partial charge in [-0.25, -0.2) is 18.4 Å². The number of carbonyl (C=O) groups is 2. The van der Waals surface area contributed by atoms with Crippen LogP contribution in [0.15, 0.2) is 42.0 Å². The van der Waals surface area contributed by atoms with Gasteiger partial charge in [0.05, 0.1) is 18.7 Å². The van der Waals surface area contributed by atoms with Gasteiger partial charge >= 0.3 is 12.1 Å². The third-order valence-electron chi connectivity index (χ3n) is 6.16. The molecule has 174 valence electrons. The van der Waals surface area contributed by atoms with Crippen LogP contribution in [0.4, 0.5) is 13.6 Å². The number of carboxylic acid groups (broad SMARTS) is 2. The van der Waals surface area contributed by atoms with Crippen LogP contribution in [0.3, 0.4) is 0 Å². The summed E-state index contributed by atoms with van der Waals surface area (Å²) >= 11 is 5.75. The van der Waals surface area contributed by atoms with Crippen molar-refractivity contribution in [2.75, 3.05) is 19.7 Å². The number of benzene rings is 2. The molecule has 1 spiro atoms. The van der Waals surface area contributed by atoms with Crippen molar-refractivity contribution in [3.8, 4) is 5.75 Å². The summed E-state index contributed by atoms with van der Waals surface area (Å²) in [5.41, 5.74) is 2.16. The second-order valence-corrected chi connectivity index (χ2v) is 8.78. The Morgan fingerprint density at radius 3 is 2.33 bits per heavy atom. The van der Waals surface area contributed by atoms with E-state index in [1.54, 1.807) is 0 Å². The number of hydrogen-bond acceptors (Lipinski definition) is 3. The lowest BCUT2D eigenvalue weighted by molar-refractivity contribution is -0.133. The zero-order valence-corrected chi connectivity index (χ0v) is 18.4. The van der Waals surface area contributed by atoms with Crippen LogP contribution in [0.25, 0.3) is 5.57 Å². The van der Waals surface area contributed by atoms with Crippen molar-refractivity contribution in [3.05, 3.63) is 69.8 Å². The number of nitrogens with zero attached hydrogens (tertiary/aromatic N) is 1. The molecule has 6 nitrogen and oxygen atoms in total. The van der Waals surface area contributed by atoms with Crippen LogP contribution in [-0.2, 0) is 11.2 Å². The summed E-state index contributed by atoms with van der Waals surface area (Å²) in [5, 5.41) is 18.7. The summed E-state index contributed by atoms with van der Waals surface area (Å²) in [6, 6.07) is 9.38. The second kappa shape index (κ2) is 9.02. The third kappa shape index (κ3) is 4.66. The Bertz CT molecular complexity index is 1130. The number of aryl methyl sites for hydroxylation is 1. The van der Waals surface area contributed by atoms with Gasteiger partial charge in [0.2, 0.25) is 0 Å². The maximum Gasteiger partial charge on any atom is 0.407 e. The minimum Gasteiger partial charge on any atom is -0.489 e. The summed E-state index contributed by atoms with van der Waals surface area (Å²) in [6.07, 6.45) is 1.53. The fraction of sp³-hybridized carbons (Fsp3) is 0.333. The standard InChI is InChI=1S/C24H22ClF2NO5/c25-20-17(26)7-8-18(27)21(20)33-11-1-2-14-3-5-15(6-4-14)19-16(22(29)30)12-28(23(31)32)13-24(19)9-10-24/h3-8H,1-2,9-13H2,(H,29,30)(H,31,32). The maximum absolute atomic E-state index is 13.8. The molecule has 0 aromatic heterocycles. The molecule has 1 aliphatic heterocycles. The van der Waals surface area contributed by atoms with Crippen LogP contribution in [0.1, 0.15) is 30.4 Å². The minimum absolute atomic E-state index is 0.122. The van der Waals surface area contributed by atoms with Gasteiger partial charge in [0.25, 0.3) is 0 Å². The molecule has 1 fully saturated rings. The molecule has 0 bridgehead atoms. The van der Waals surface area contributed by atoms with Gasteiger partial charge in [-0.05, 0) is 54.5 Å². The van der Waals surface area contributed by atoms with Gasteiger partial charge in [-0.2, -0.15) is 0 Å². The predicted octanol–water partition coefficient (Wildman–Crippen LogP) is 5.24. The average molecular weight is 478 g/mol. The highest BCUT2D eigenvalue weighted by Gasteiger charge is 2.53. The second-order valence-electron chi connectivity index (χ2n) is 8.40. The van der Waals surface area contributed by atoms with E-state index >= 15 is 0 Å². The molecule has 2 aromatic carbocycles. The van der Waals surface area contributed by atoms with Gasteiger partial charge in [-0.3, -0.25) is 0 Å². The van der Waals surface area contributed by atoms with Gasteiger partial charge in [0, 0.05) is 12.0 Å². The van der Waals surface area contributed by atoms with Crippen molar-refractivity contribution >= 4 is 29.2 Å². The molecule has 33 heavy (non-hydrogen) atoms. The Hall–Kier alpha value is -3.13. The Kier molecular flexibility index (Phi) is 6.30. The van der Waals surface area contributed by atoms with Gasteiger partial charge in [-0.15, -0.1) is 0 Å². The van der Waals surface area contributed by atoms with E-state index in [0.717, 1.165) is 41.7 Å². The Balaban J connectivity index is 1.44. The first-order valence-electron chi connectivity index (χ1n) is 10.5. The fourth-order valence-electron chi connectivity index (χ4n) is 4.37. The van der Waals surface area contributed by atoms with Crippen LogP contribution in [0.2, 0.25) is 5.02 Å². The molecule has 2 aromatic rings. The average Bonchev–Trinajstić information content (AvgIpc) is 3.55. The lowest BCUT2D eigenvalue weighted by Crippen LogP contribution is -2.42. The monoisotopic (exact) mass is 477 g/mol. The summed E-state index contributed by atoms with van der Waals surface area (Å²) in [5.74, 6) is -2.88. The fourth-order valence-corrected chi connectivity index (χ4v) is 4.58. The SMILES string of the molecule is O=C(O)C1=C(c2ccc(CCCOc3c(F)ccc(F)c3Cl)cc2)C2(CC2)CN(C(=O)O)C1. The molecular formula is C24H22ClF2NO5. The number of amides is 1. The molecule has 1 heterocycles. The molecule has 1 amide bonds. The van der Waals surface area contributed by atoms with Crippen molar-refractivity contribution in [2.24, 2.45) is 5.41 Å². The predicted molar refractivity (Wildman–Crippen MR) is 117 cm³/mol. The van der Waals surface area contributed by atoms with Gasteiger partial charge in [0.15, 0.2) is 11.6 Å². The molecular weight excluding hydrogens is 456 g/mol.